The van der Waals surface area contributed by atoms with E-state index in [0.29, 0.717) is 18.5 Å². The van der Waals surface area contributed by atoms with Crippen molar-refractivity contribution in [2.75, 3.05) is 17.1 Å². The second-order valence-electron chi connectivity index (χ2n) is 10.8. The predicted molar refractivity (Wildman–Crippen MR) is 166 cm³/mol. The molecule has 0 saturated heterocycles. The van der Waals surface area contributed by atoms with Gasteiger partial charge in [-0.05, 0) is 61.9 Å². The second kappa shape index (κ2) is 14.8. The Kier molecular flexibility index (Phi) is 11.5. The predicted octanol–water partition coefficient (Wildman–Crippen LogP) is 5.40. The fraction of sp³-hybridized carbons (Fsp3) is 0.394. The molecule has 0 fully saturated rings. The molecule has 0 aliphatic rings. The molecule has 0 heterocycles. The molecule has 220 valence electrons. The van der Waals surface area contributed by atoms with Crippen LogP contribution in [0.15, 0.2) is 78.9 Å². The van der Waals surface area contributed by atoms with Crippen LogP contribution in [0.3, 0.4) is 0 Å². The third-order valence-electron chi connectivity index (χ3n) is 7.25. The molecule has 3 aromatic carbocycles. The zero-order valence-electron chi connectivity index (χ0n) is 24.8. The van der Waals surface area contributed by atoms with Gasteiger partial charge >= 0.3 is 0 Å². The number of aryl methyl sites for hydroxylation is 2. The monoisotopic (exact) mass is 577 g/mol. The maximum Gasteiger partial charge on any atom is 0.243 e. The molecule has 0 bridgehead atoms. The number of benzene rings is 3. The first-order valence-corrected chi connectivity index (χ1v) is 16.1. The Balaban J connectivity index is 1.89. The molecule has 0 aromatic heterocycles. The minimum Gasteiger partial charge on any atom is -0.352 e. The van der Waals surface area contributed by atoms with Crippen LogP contribution in [0.5, 0.6) is 0 Å². The lowest BCUT2D eigenvalue weighted by Gasteiger charge is -2.33. The van der Waals surface area contributed by atoms with Gasteiger partial charge in [0.2, 0.25) is 21.8 Å². The van der Waals surface area contributed by atoms with Crippen molar-refractivity contribution in [3.63, 3.8) is 0 Å². The topological polar surface area (TPSA) is 86.8 Å². The van der Waals surface area contributed by atoms with E-state index in [0.717, 1.165) is 28.7 Å². The van der Waals surface area contributed by atoms with Gasteiger partial charge in [-0.25, -0.2) is 8.42 Å². The molecule has 0 aliphatic heterocycles. The van der Waals surface area contributed by atoms with E-state index in [1.807, 2.05) is 107 Å². The fourth-order valence-electron chi connectivity index (χ4n) is 4.75. The van der Waals surface area contributed by atoms with Crippen molar-refractivity contribution in [1.82, 2.24) is 10.2 Å². The highest BCUT2D eigenvalue weighted by molar-refractivity contribution is 7.92. The number of nitrogens with zero attached hydrogens (tertiary/aromatic N) is 2. The number of sulfonamides is 1. The molecule has 1 N–H and O–H groups in total. The number of nitrogens with one attached hydrogen (secondary N) is 1. The third-order valence-corrected chi connectivity index (χ3v) is 8.43. The average molecular weight is 578 g/mol. The van der Waals surface area contributed by atoms with E-state index in [4.69, 9.17) is 0 Å². The molecule has 2 amide bonds. The van der Waals surface area contributed by atoms with Crippen LogP contribution in [0.25, 0.3) is 0 Å². The lowest BCUT2D eigenvalue weighted by molar-refractivity contribution is -0.141. The van der Waals surface area contributed by atoms with Crippen LogP contribution in [0.4, 0.5) is 5.69 Å². The highest BCUT2D eigenvalue weighted by Crippen LogP contribution is 2.25. The average Bonchev–Trinajstić information content (AvgIpc) is 2.94. The summed E-state index contributed by atoms with van der Waals surface area (Å²) >= 11 is 0. The maximum atomic E-state index is 13.9. The van der Waals surface area contributed by atoms with Crippen LogP contribution >= 0.6 is 0 Å². The number of hydrogen-bond donors (Lipinski definition) is 1. The number of hydrogen-bond acceptors (Lipinski definition) is 4. The summed E-state index contributed by atoms with van der Waals surface area (Å²) in [7, 11) is -3.57. The normalized spacial score (nSPS) is 12.8. The van der Waals surface area contributed by atoms with Crippen LogP contribution in [-0.4, -0.2) is 50.0 Å². The first kappa shape index (κ1) is 31.9. The molecule has 0 spiro atoms. The first-order chi connectivity index (χ1) is 19.5. The van der Waals surface area contributed by atoms with E-state index < -0.39 is 16.1 Å². The Morgan fingerprint density at radius 1 is 0.902 bits per heavy atom. The summed E-state index contributed by atoms with van der Waals surface area (Å²) in [5.74, 6) is -0.385. The molecule has 0 radical (unpaired) electrons. The summed E-state index contributed by atoms with van der Waals surface area (Å²) in [6, 6.07) is 24.3. The van der Waals surface area contributed by atoms with Gasteiger partial charge in [-0.15, -0.1) is 0 Å². The number of rotatable bonds is 14. The molecule has 3 aromatic rings. The second-order valence-corrected chi connectivity index (χ2v) is 12.7. The number of carbonyl (C=O) groups is 2. The van der Waals surface area contributed by atoms with E-state index in [2.05, 4.69) is 5.32 Å². The molecular formula is C33H43N3O4S. The van der Waals surface area contributed by atoms with E-state index in [1.165, 1.54) is 10.6 Å². The summed E-state index contributed by atoms with van der Waals surface area (Å²) in [6.45, 7) is 8.20. The Bertz CT molecular complexity index is 1390. The molecule has 41 heavy (non-hydrogen) atoms. The third kappa shape index (κ3) is 9.46. The van der Waals surface area contributed by atoms with E-state index in [9.17, 15) is 18.0 Å². The largest absolute Gasteiger partial charge is 0.352 e. The van der Waals surface area contributed by atoms with Gasteiger partial charge in [-0.1, -0.05) is 79.7 Å². The standard InChI is InChI=1S/C33H43N3O4S/c1-6-27(4)34-33(38)31(23-28-14-9-7-10-15-28)35(24-29-16-11-8-12-17-29)32(37)18-13-21-36(41(5,39)40)30-22-25(2)19-20-26(30)3/h7-12,14-17,19-20,22,27,31H,6,13,18,21,23-24H2,1-5H3,(H,34,38)/t27-,31-/m0/s1. The number of amides is 2. The molecule has 0 aliphatic carbocycles. The summed E-state index contributed by atoms with van der Waals surface area (Å²) in [4.78, 5) is 29.2. The Hall–Kier alpha value is -3.65. The Morgan fingerprint density at radius 2 is 1.51 bits per heavy atom. The summed E-state index contributed by atoms with van der Waals surface area (Å²) in [5, 5.41) is 3.08. The Labute approximate surface area is 245 Å². The smallest absolute Gasteiger partial charge is 0.243 e. The Morgan fingerprint density at radius 3 is 2.10 bits per heavy atom. The zero-order valence-corrected chi connectivity index (χ0v) is 25.7. The van der Waals surface area contributed by atoms with Gasteiger partial charge in [-0.3, -0.25) is 13.9 Å². The fourth-order valence-corrected chi connectivity index (χ4v) is 5.76. The lowest BCUT2D eigenvalue weighted by Crippen LogP contribution is -2.52. The van der Waals surface area contributed by atoms with Crippen molar-refractivity contribution in [3.8, 4) is 0 Å². The number of carbonyl (C=O) groups excluding carboxylic acids is 2. The van der Waals surface area contributed by atoms with Crippen molar-refractivity contribution in [3.05, 3.63) is 101 Å². The van der Waals surface area contributed by atoms with Gasteiger partial charge in [0.25, 0.3) is 0 Å². The summed E-state index contributed by atoms with van der Waals surface area (Å²) < 4.78 is 26.9. The van der Waals surface area contributed by atoms with Crippen LogP contribution in [-0.2, 0) is 32.6 Å². The minimum atomic E-state index is -3.57. The quantitative estimate of drug-likeness (QED) is 0.278. The first-order valence-electron chi connectivity index (χ1n) is 14.2. The van der Waals surface area contributed by atoms with Crippen molar-refractivity contribution in [2.24, 2.45) is 0 Å². The summed E-state index contributed by atoms with van der Waals surface area (Å²) in [6.07, 6.45) is 2.75. The van der Waals surface area contributed by atoms with E-state index in [-0.39, 0.29) is 37.4 Å². The van der Waals surface area contributed by atoms with Gasteiger partial charge in [-0.2, -0.15) is 0 Å². The molecule has 7 nitrogen and oxygen atoms in total. The highest BCUT2D eigenvalue weighted by Gasteiger charge is 2.31. The van der Waals surface area contributed by atoms with Crippen molar-refractivity contribution in [2.45, 2.75) is 72.0 Å². The lowest BCUT2D eigenvalue weighted by atomic mass is 10.0. The molecule has 0 saturated carbocycles. The van der Waals surface area contributed by atoms with Crippen LogP contribution in [0.1, 0.15) is 55.4 Å². The van der Waals surface area contributed by atoms with E-state index >= 15 is 0 Å². The molecular weight excluding hydrogens is 534 g/mol. The zero-order chi connectivity index (χ0) is 30.0. The van der Waals surface area contributed by atoms with E-state index in [1.54, 1.807) is 4.90 Å². The molecule has 3 rings (SSSR count). The van der Waals surface area contributed by atoms with Gasteiger partial charge in [0.1, 0.15) is 6.04 Å². The van der Waals surface area contributed by atoms with Gasteiger partial charge in [0, 0.05) is 32.0 Å². The van der Waals surface area contributed by atoms with Gasteiger partial charge in [0.05, 0.1) is 11.9 Å². The van der Waals surface area contributed by atoms with Crippen molar-refractivity contribution < 1.29 is 18.0 Å². The van der Waals surface area contributed by atoms with Gasteiger partial charge < -0.3 is 10.2 Å². The van der Waals surface area contributed by atoms with Crippen LogP contribution < -0.4 is 9.62 Å². The maximum absolute atomic E-state index is 13.9. The number of anilines is 1. The minimum absolute atomic E-state index is 0.0321. The molecule has 8 heteroatoms. The van der Waals surface area contributed by atoms with Crippen LogP contribution in [0.2, 0.25) is 0 Å². The van der Waals surface area contributed by atoms with Crippen LogP contribution in [0, 0.1) is 13.8 Å². The SMILES string of the molecule is CC[C@H](C)NC(=O)[C@H](Cc1ccccc1)N(Cc1ccccc1)C(=O)CCCN(c1cc(C)ccc1C)S(C)(=O)=O. The van der Waals surface area contributed by atoms with Crippen molar-refractivity contribution in [1.29, 1.82) is 0 Å². The molecule has 0 unspecified atom stereocenters. The molecule has 2 atom stereocenters. The van der Waals surface area contributed by atoms with Gasteiger partial charge in [0.15, 0.2) is 0 Å². The highest BCUT2D eigenvalue weighted by atomic mass is 32.2. The summed E-state index contributed by atoms with van der Waals surface area (Å²) in [5.41, 5.74) is 4.31. The van der Waals surface area contributed by atoms with Crippen molar-refractivity contribution >= 4 is 27.5 Å².